The lowest BCUT2D eigenvalue weighted by atomic mass is 10.2. The van der Waals surface area contributed by atoms with Gasteiger partial charge in [0.1, 0.15) is 0 Å². The molecule has 2 amide bonds. The number of likely N-dealkylation sites (N-methyl/N-ethyl adjacent to an activating group) is 1. The van der Waals surface area contributed by atoms with Crippen molar-refractivity contribution in [3.63, 3.8) is 0 Å². The number of hydrogen-bond acceptors (Lipinski definition) is 6. The number of carbonyl (C=O) groups excluding carboxylic acids is 2. The molecule has 3 rings (SSSR count). The lowest BCUT2D eigenvalue weighted by molar-refractivity contribution is -0.121. The van der Waals surface area contributed by atoms with Gasteiger partial charge in [-0.05, 0) is 51.6 Å². The molecule has 33 heavy (non-hydrogen) atoms. The van der Waals surface area contributed by atoms with Crippen LogP contribution in [0.5, 0.6) is 11.5 Å². The fraction of sp³-hybridized carbons (Fsp3) is 0.440. The second-order valence-electron chi connectivity index (χ2n) is 7.98. The summed E-state index contributed by atoms with van der Waals surface area (Å²) >= 11 is 1.80. The highest BCUT2D eigenvalue weighted by atomic mass is 32.2. The minimum atomic E-state index is -0.197. The highest BCUT2D eigenvalue weighted by Gasteiger charge is 2.25. The zero-order valence-electron chi connectivity index (χ0n) is 19.8. The van der Waals surface area contributed by atoms with Crippen LogP contribution < -0.4 is 19.7 Å². The number of carbonyl (C=O) groups is 2. The Bertz CT molecular complexity index is 968. The van der Waals surface area contributed by atoms with Crippen molar-refractivity contribution >= 4 is 35.0 Å². The highest BCUT2D eigenvalue weighted by molar-refractivity contribution is 8.00. The molecule has 0 aromatic heterocycles. The first-order chi connectivity index (χ1) is 15.9. The summed E-state index contributed by atoms with van der Waals surface area (Å²) in [6.45, 7) is 7.96. The number of hydrogen-bond donors (Lipinski definition) is 1. The Morgan fingerprint density at radius 1 is 1.09 bits per heavy atom. The van der Waals surface area contributed by atoms with Crippen molar-refractivity contribution in [1.29, 1.82) is 0 Å². The molecule has 0 saturated heterocycles. The molecule has 0 saturated carbocycles. The van der Waals surface area contributed by atoms with Gasteiger partial charge in [0.15, 0.2) is 11.5 Å². The van der Waals surface area contributed by atoms with Crippen molar-refractivity contribution < 1.29 is 19.1 Å². The zero-order chi connectivity index (χ0) is 23.8. The van der Waals surface area contributed by atoms with Crippen molar-refractivity contribution in [1.82, 2.24) is 4.90 Å². The molecule has 1 aliphatic rings. The second-order valence-corrected chi connectivity index (χ2v) is 9.46. The smallest absolute Gasteiger partial charge is 0.241 e. The molecule has 0 bridgehead atoms. The molecule has 8 heteroatoms. The summed E-state index contributed by atoms with van der Waals surface area (Å²) < 4.78 is 11.2. The topological polar surface area (TPSA) is 71.1 Å². The van der Waals surface area contributed by atoms with Gasteiger partial charge in [-0.25, -0.2) is 0 Å². The molecule has 0 fully saturated rings. The number of nitrogens with one attached hydrogen (secondary N) is 1. The fourth-order valence-electron chi connectivity index (χ4n) is 3.69. The molecule has 178 valence electrons. The Kier molecular flexibility index (Phi) is 9.03. The van der Waals surface area contributed by atoms with Crippen LogP contribution in [0.1, 0.15) is 27.2 Å². The molecule has 2 aromatic carbocycles. The summed E-state index contributed by atoms with van der Waals surface area (Å²) in [6.07, 6.45) is 0.926. The van der Waals surface area contributed by atoms with Crippen LogP contribution >= 0.6 is 11.8 Å². The zero-order valence-corrected chi connectivity index (χ0v) is 20.6. The van der Waals surface area contributed by atoms with Gasteiger partial charge < -0.3 is 19.7 Å². The molecule has 2 aromatic rings. The minimum absolute atomic E-state index is 0.00727. The van der Waals surface area contributed by atoms with E-state index in [1.54, 1.807) is 41.9 Å². The Morgan fingerprint density at radius 2 is 1.82 bits per heavy atom. The van der Waals surface area contributed by atoms with Gasteiger partial charge in [0.05, 0.1) is 32.0 Å². The number of rotatable bonds is 9. The van der Waals surface area contributed by atoms with Crippen LogP contribution in [0.2, 0.25) is 0 Å². The molecule has 0 aliphatic carbocycles. The van der Waals surface area contributed by atoms with Crippen molar-refractivity contribution in [2.24, 2.45) is 0 Å². The van der Waals surface area contributed by atoms with Crippen LogP contribution in [-0.2, 0) is 9.59 Å². The van der Waals surface area contributed by atoms with Gasteiger partial charge in [-0.15, -0.1) is 11.8 Å². The SMILES string of the molecule is CCOc1ccc(NC(=O)CN(C)CC(=O)N2CCC(C)Sc3ccccc32)cc1OCC. The number of para-hydroxylation sites is 1. The highest BCUT2D eigenvalue weighted by Crippen LogP contribution is 2.37. The largest absolute Gasteiger partial charge is 0.490 e. The third-order valence-electron chi connectivity index (χ3n) is 5.19. The molecular weight excluding hydrogens is 438 g/mol. The maximum Gasteiger partial charge on any atom is 0.241 e. The van der Waals surface area contributed by atoms with E-state index >= 15 is 0 Å². The molecule has 1 N–H and O–H groups in total. The van der Waals surface area contributed by atoms with Crippen LogP contribution in [0.25, 0.3) is 0 Å². The number of fused-ring (bicyclic) bond motifs is 1. The second kappa shape index (κ2) is 12.0. The summed E-state index contributed by atoms with van der Waals surface area (Å²) in [7, 11) is 1.78. The van der Waals surface area contributed by atoms with E-state index in [-0.39, 0.29) is 24.9 Å². The third-order valence-corrected chi connectivity index (χ3v) is 6.43. The average molecular weight is 472 g/mol. The van der Waals surface area contributed by atoms with E-state index in [9.17, 15) is 9.59 Å². The number of benzene rings is 2. The first kappa shape index (κ1) is 24.9. The van der Waals surface area contributed by atoms with Crippen LogP contribution in [0, 0.1) is 0 Å². The summed E-state index contributed by atoms with van der Waals surface area (Å²) in [5, 5.41) is 3.33. The quantitative estimate of drug-likeness (QED) is 0.589. The van der Waals surface area contributed by atoms with Crippen LogP contribution in [0.15, 0.2) is 47.4 Å². The van der Waals surface area contributed by atoms with Crippen molar-refractivity contribution in [3.05, 3.63) is 42.5 Å². The van der Waals surface area contributed by atoms with E-state index in [0.717, 1.165) is 17.0 Å². The van der Waals surface area contributed by atoms with Crippen LogP contribution in [0.3, 0.4) is 0 Å². The number of nitrogens with zero attached hydrogens (tertiary/aromatic N) is 2. The minimum Gasteiger partial charge on any atom is -0.490 e. The lowest BCUT2D eigenvalue weighted by Gasteiger charge is -2.25. The van der Waals surface area contributed by atoms with Crippen LogP contribution in [-0.4, -0.2) is 61.9 Å². The van der Waals surface area contributed by atoms with E-state index in [2.05, 4.69) is 18.3 Å². The number of anilines is 2. The van der Waals surface area contributed by atoms with Gasteiger partial charge in [-0.3, -0.25) is 14.5 Å². The molecule has 1 aliphatic heterocycles. The van der Waals surface area contributed by atoms with E-state index < -0.39 is 0 Å². The summed E-state index contributed by atoms with van der Waals surface area (Å²) in [5.41, 5.74) is 1.58. The van der Waals surface area contributed by atoms with Gasteiger partial charge in [0.25, 0.3) is 0 Å². The molecule has 1 atom stereocenters. The third kappa shape index (κ3) is 6.88. The van der Waals surface area contributed by atoms with Crippen molar-refractivity contribution in [2.75, 3.05) is 50.1 Å². The predicted octanol–water partition coefficient (Wildman–Crippen LogP) is 4.27. The monoisotopic (exact) mass is 471 g/mol. The molecule has 0 radical (unpaired) electrons. The Balaban J connectivity index is 1.59. The van der Waals surface area contributed by atoms with Gasteiger partial charge in [0.2, 0.25) is 11.8 Å². The predicted molar refractivity (Wildman–Crippen MR) is 134 cm³/mol. The van der Waals surface area contributed by atoms with E-state index in [0.29, 0.717) is 42.2 Å². The number of amides is 2. The average Bonchev–Trinajstić information content (AvgIpc) is 2.93. The van der Waals surface area contributed by atoms with Crippen molar-refractivity contribution in [2.45, 2.75) is 37.3 Å². The summed E-state index contributed by atoms with van der Waals surface area (Å²) in [5.74, 6) is 1.03. The van der Waals surface area contributed by atoms with E-state index in [1.807, 2.05) is 36.9 Å². The number of ether oxygens (including phenoxy) is 2. The van der Waals surface area contributed by atoms with Gasteiger partial charge in [-0.1, -0.05) is 19.1 Å². The molecule has 7 nitrogen and oxygen atoms in total. The van der Waals surface area contributed by atoms with E-state index in [4.69, 9.17) is 9.47 Å². The van der Waals surface area contributed by atoms with Crippen molar-refractivity contribution in [3.8, 4) is 11.5 Å². The summed E-state index contributed by atoms with van der Waals surface area (Å²) in [4.78, 5) is 30.4. The Morgan fingerprint density at radius 3 is 2.58 bits per heavy atom. The maximum atomic E-state index is 13.1. The molecule has 1 unspecified atom stereocenters. The van der Waals surface area contributed by atoms with Gasteiger partial charge in [0, 0.05) is 28.4 Å². The normalized spacial score (nSPS) is 15.5. The number of thioether (sulfide) groups is 1. The fourth-order valence-corrected chi connectivity index (χ4v) is 4.81. The Hall–Kier alpha value is -2.71. The molecule has 1 heterocycles. The molecular formula is C25H33N3O4S. The standard InChI is InChI=1S/C25H33N3O4S/c1-5-31-21-12-11-19(15-22(21)32-6-2)26-24(29)16-27(4)17-25(30)28-14-13-18(3)33-23-10-8-7-9-20(23)28/h7-12,15,18H,5-6,13-14,16-17H2,1-4H3,(H,26,29). The van der Waals surface area contributed by atoms with Gasteiger partial charge in [-0.2, -0.15) is 0 Å². The summed E-state index contributed by atoms with van der Waals surface area (Å²) in [6, 6.07) is 13.3. The van der Waals surface area contributed by atoms with Gasteiger partial charge >= 0.3 is 0 Å². The van der Waals surface area contributed by atoms with Crippen LogP contribution in [0.4, 0.5) is 11.4 Å². The first-order valence-electron chi connectivity index (χ1n) is 11.3. The maximum absolute atomic E-state index is 13.1. The van der Waals surface area contributed by atoms with E-state index in [1.165, 1.54) is 0 Å². The Labute approximate surface area is 200 Å². The lowest BCUT2D eigenvalue weighted by Crippen LogP contribution is -2.42. The molecule has 0 spiro atoms. The first-order valence-corrected chi connectivity index (χ1v) is 12.2.